The fourth-order valence-electron chi connectivity index (χ4n) is 1.52. The molecule has 0 saturated carbocycles. The van der Waals surface area contributed by atoms with Gasteiger partial charge in [0.25, 0.3) is 0 Å². The van der Waals surface area contributed by atoms with Crippen LogP contribution in [0.3, 0.4) is 0 Å². The van der Waals surface area contributed by atoms with Crippen LogP contribution >= 0.6 is 0 Å². The number of fused-ring (bicyclic) bond motifs is 1. The van der Waals surface area contributed by atoms with Crippen LogP contribution in [0.1, 0.15) is 24.9 Å². The molecule has 0 bridgehead atoms. The molecule has 14 heavy (non-hydrogen) atoms. The maximum Gasteiger partial charge on any atom is 0.323 e. The highest BCUT2D eigenvalue weighted by Crippen LogP contribution is 2.17. The molecule has 2 aromatic rings. The normalized spacial score (nSPS) is 13.3. The number of nitrogens with two attached hydrogens (primary N) is 1. The minimum absolute atomic E-state index is 0.0396. The fraction of sp³-hybridized carbons (Fsp3) is 0.300. The quantitative estimate of drug-likeness (QED) is 0.668. The van der Waals surface area contributed by atoms with Gasteiger partial charge in [-0.05, 0) is 24.1 Å². The molecule has 0 aliphatic carbocycles. The second-order valence-electron chi connectivity index (χ2n) is 3.40. The van der Waals surface area contributed by atoms with Crippen LogP contribution in [0.2, 0.25) is 0 Å². The lowest BCUT2D eigenvalue weighted by molar-refractivity contribution is 0.699. The number of nitrogens with one attached hydrogen (secondary N) is 2. The van der Waals surface area contributed by atoms with Gasteiger partial charge in [0.1, 0.15) is 0 Å². The Labute approximate surface area is 81.1 Å². The van der Waals surface area contributed by atoms with Gasteiger partial charge in [-0.2, -0.15) is 0 Å². The molecule has 0 saturated heterocycles. The van der Waals surface area contributed by atoms with Gasteiger partial charge in [-0.15, -0.1) is 0 Å². The number of aromatic amines is 2. The van der Waals surface area contributed by atoms with Gasteiger partial charge in [0, 0.05) is 6.04 Å². The highest BCUT2D eigenvalue weighted by atomic mass is 16.1. The van der Waals surface area contributed by atoms with E-state index in [1.807, 2.05) is 25.1 Å². The first-order valence-corrected chi connectivity index (χ1v) is 4.68. The summed E-state index contributed by atoms with van der Waals surface area (Å²) in [5, 5.41) is 0. The first-order chi connectivity index (χ1) is 6.70. The third kappa shape index (κ3) is 1.44. The van der Waals surface area contributed by atoms with Crippen LogP contribution in [0, 0.1) is 0 Å². The van der Waals surface area contributed by atoms with Crippen LogP contribution in [0.4, 0.5) is 0 Å². The van der Waals surface area contributed by atoms with Gasteiger partial charge in [-0.1, -0.05) is 13.0 Å². The SMILES string of the molecule is CC[C@@H](N)c1ccc2[nH]c(=O)[nH]c2c1. The van der Waals surface area contributed by atoms with Crippen molar-refractivity contribution < 1.29 is 0 Å². The third-order valence-corrected chi connectivity index (χ3v) is 2.41. The maximum absolute atomic E-state index is 11.0. The summed E-state index contributed by atoms with van der Waals surface area (Å²) in [5.74, 6) is 0. The number of imidazole rings is 1. The first-order valence-electron chi connectivity index (χ1n) is 4.68. The van der Waals surface area contributed by atoms with E-state index < -0.39 is 0 Å². The number of hydrogen-bond donors (Lipinski definition) is 3. The lowest BCUT2D eigenvalue weighted by Gasteiger charge is -2.08. The van der Waals surface area contributed by atoms with E-state index in [-0.39, 0.29) is 11.7 Å². The summed E-state index contributed by atoms with van der Waals surface area (Å²) < 4.78 is 0. The fourth-order valence-corrected chi connectivity index (χ4v) is 1.52. The molecule has 4 N–H and O–H groups in total. The molecule has 1 aromatic carbocycles. The second-order valence-corrected chi connectivity index (χ2v) is 3.40. The second kappa shape index (κ2) is 3.31. The molecule has 1 heterocycles. The van der Waals surface area contributed by atoms with E-state index in [9.17, 15) is 4.79 Å². The van der Waals surface area contributed by atoms with Crippen LogP contribution < -0.4 is 11.4 Å². The maximum atomic E-state index is 11.0. The minimum atomic E-state index is -0.179. The molecule has 0 amide bonds. The lowest BCUT2D eigenvalue weighted by atomic mass is 10.1. The Hall–Kier alpha value is -1.55. The van der Waals surface area contributed by atoms with Crippen molar-refractivity contribution in [1.82, 2.24) is 9.97 Å². The molecule has 0 aliphatic rings. The van der Waals surface area contributed by atoms with Gasteiger partial charge in [-0.3, -0.25) is 0 Å². The average Bonchev–Trinajstić information content (AvgIpc) is 2.55. The van der Waals surface area contributed by atoms with Crippen molar-refractivity contribution in [3.8, 4) is 0 Å². The number of aromatic nitrogens is 2. The van der Waals surface area contributed by atoms with Crippen molar-refractivity contribution in [2.24, 2.45) is 5.73 Å². The standard InChI is InChI=1S/C10H13N3O/c1-2-7(11)6-3-4-8-9(5-6)13-10(14)12-8/h3-5,7H,2,11H2,1H3,(H2,12,13,14)/t7-/m1/s1. The molecule has 1 aromatic heterocycles. The summed E-state index contributed by atoms with van der Waals surface area (Å²) in [5.41, 5.74) is 8.40. The van der Waals surface area contributed by atoms with Gasteiger partial charge in [0.15, 0.2) is 0 Å². The van der Waals surface area contributed by atoms with Gasteiger partial charge < -0.3 is 15.7 Å². The molecule has 0 aliphatic heterocycles. The predicted octanol–water partition coefficient (Wildman–Crippen LogP) is 1.27. The van der Waals surface area contributed by atoms with E-state index in [4.69, 9.17) is 5.73 Å². The van der Waals surface area contributed by atoms with E-state index in [1.54, 1.807) is 0 Å². The molecule has 0 unspecified atom stereocenters. The van der Waals surface area contributed by atoms with Crippen LogP contribution in [0.15, 0.2) is 23.0 Å². The Bertz CT molecular complexity index is 497. The molecule has 4 nitrogen and oxygen atoms in total. The lowest BCUT2D eigenvalue weighted by Crippen LogP contribution is -2.08. The van der Waals surface area contributed by atoms with Crippen molar-refractivity contribution in [2.45, 2.75) is 19.4 Å². The van der Waals surface area contributed by atoms with Crippen molar-refractivity contribution in [3.63, 3.8) is 0 Å². The highest BCUT2D eigenvalue weighted by molar-refractivity contribution is 5.75. The Balaban J connectivity index is 2.55. The molecule has 1 atom stereocenters. The smallest absolute Gasteiger partial charge is 0.323 e. The largest absolute Gasteiger partial charge is 0.324 e. The van der Waals surface area contributed by atoms with E-state index >= 15 is 0 Å². The highest BCUT2D eigenvalue weighted by Gasteiger charge is 2.05. The van der Waals surface area contributed by atoms with Crippen LogP contribution in [0.25, 0.3) is 11.0 Å². The number of rotatable bonds is 2. The van der Waals surface area contributed by atoms with Gasteiger partial charge in [0.05, 0.1) is 11.0 Å². The summed E-state index contributed by atoms with van der Waals surface area (Å²) in [6, 6.07) is 5.78. The summed E-state index contributed by atoms with van der Waals surface area (Å²) in [6.07, 6.45) is 0.889. The number of hydrogen-bond acceptors (Lipinski definition) is 2. The van der Waals surface area contributed by atoms with Gasteiger partial charge >= 0.3 is 5.69 Å². The van der Waals surface area contributed by atoms with Crippen LogP contribution in [-0.2, 0) is 0 Å². The van der Waals surface area contributed by atoms with E-state index in [1.165, 1.54) is 0 Å². The molecule has 0 radical (unpaired) electrons. The number of benzene rings is 1. The Kier molecular flexibility index (Phi) is 2.13. The molecule has 74 valence electrons. The zero-order chi connectivity index (χ0) is 10.1. The minimum Gasteiger partial charge on any atom is -0.324 e. The number of H-pyrrole nitrogens is 2. The monoisotopic (exact) mass is 191 g/mol. The summed E-state index contributed by atoms with van der Waals surface area (Å²) >= 11 is 0. The summed E-state index contributed by atoms with van der Waals surface area (Å²) in [4.78, 5) is 16.4. The van der Waals surface area contributed by atoms with Crippen molar-refractivity contribution in [2.75, 3.05) is 0 Å². The topological polar surface area (TPSA) is 74.7 Å². The summed E-state index contributed by atoms with van der Waals surface area (Å²) in [6.45, 7) is 2.04. The Morgan fingerprint density at radius 2 is 2.07 bits per heavy atom. The zero-order valence-corrected chi connectivity index (χ0v) is 8.00. The van der Waals surface area contributed by atoms with E-state index in [0.29, 0.717) is 0 Å². The summed E-state index contributed by atoms with van der Waals surface area (Å²) in [7, 11) is 0. The molecule has 0 fully saturated rings. The molecule has 4 heteroatoms. The average molecular weight is 191 g/mol. The van der Waals surface area contributed by atoms with Crippen molar-refractivity contribution in [3.05, 3.63) is 34.2 Å². The third-order valence-electron chi connectivity index (χ3n) is 2.41. The molecular weight excluding hydrogens is 178 g/mol. The van der Waals surface area contributed by atoms with Crippen molar-refractivity contribution in [1.29, 1.82) is 0 Å². The van der Waals surface area contributed by atoms with E-state index in [0.717, 1.165) is 23.0 Å². The van der Waals surface area contributed by atoms with Crippen molar-refractivity contribution >= 4 is 11.0 Å². The van der Waals surface area contributed by atoms with Crippen LogP contribution in [-0.4, -0.2) is 9.97 Å². The Morgan fingerprint density at radius 3 is 2.79 bits per heavy atom. The first kappa shape index (κ1) is 9.02. The zero-order valence-electron chi connectivity index (χ0n) is 8.00. The van der Waals surface area contributed by atoms with Gasteiger partial charge in [0.2, 0.25) is 0 Å². The molecule has 2 rings (SSSR count). The van der Waals surface area contributed by atoms with Gasteiger partial charge in [-0.25, -0.2) is 4.79 Å². The molecular formula is C10H13N3O. The Morgan fingerprint density at radius 1 is 1.36 bits per heavy atom. The molecule has 0 spiro atoms. The van der Waals surface area contributed by atoms with E-state index in [2.05, 4.69) is 9.97 Å². The van der Waals surface area contributed by atoms with Crippen LogP contribution in [0.5, 0.6) is 0 Å². The predicted molar refractivity (Wildman–Crippen MR) is 56.1 cm³/mol.